The average Bonchev–Trinajstić information content (AvgIpc) is 3.08. The van der Waals surface area contributed by atoms with Crippen LogP contribution in [0.1, 0.15) is 61.6 Å². The quantitative estimate of drug-likeness (QED) is 0.535. The monoisotopic (exact) mass is 488 g/mol. The van der Waals surface area contributed by atoms with Crippen molar-refractivity contribution in [2.75, 3.05) is 33.7 Å². The van der Waals surface area contributed by atoms with Gasteiger partial charge in [-0.2, -0.15) is 0 Å². The largest absolute Gasteiger partial charge is 0.321 e. The lowest BCUT2D eigenvalue weighted by atomic mass is 9.68. The minimum absolute atomic E-state index is 0.0151. The summed E-state index contributed by atoms with van der Waals surface area (Å²) in [5.41, 5.74) is 3.19. The molecule has 1 aromatic heterocycles. The second-order valence-corrected chi connectivity index (χ2v) is 11.6. The van der Waals surface area contributed by atoms with Crippen molar-refractivity contribution < 1.29 is 9.59 Å². The fraction of sp³-hybridized carbons (Fsp3) is 0.567. The average molecular weight is 489 g/mol. The highest BCUT2D eigenvalue weighted by Crippen LogP contribution is 2.49. The van der Waals surface area contributed by atoms with Crippen LogP contribution in [0.4, 0.5) is 4.79 Å². The Kier molecular flexibility index (Phi) is 6.90. The molecule has 0 bridgehead atoms. The minimum Gasteiger partial charge on any atom is -0.317 e. The summed E-state index contributed by atoms with van der Waals surface area (Å²) in [5, 5.41) is 0. The molecule has 2 amide bonds. The lowest BCUT2D eigenvalue weighted by Gasteiger charge is -2.51. The molecule has 2 aliphatic carbocycles. The van der Waals surface area contributed by atoms with Crippen LogP contribution >= 0.6 is 0 Å². The Balaban J connectivity index is 1.35. The number of Topliss-reactive ketones (excluding diaryl/α,β-unsaturated/α-hetero) is 1. The van der Waals surface area contributed by atoms with Crippen LogP contribution in [-0.2, 0) is 16.8 Å². The molecular weight excluding hydrogens is 448 g/mol. The number of carbonyl (C=O) groups is 2. The van der Waals surface area contributed by atoms with Gasteiger partial charge >= 0.3 is 6.03 Å². The van der Waals surface area contributed by atoms with Crippen molar-refractivity contribution in [1.82, 2.24) is 19.7 Å². The molecule has 3 aliphatic rings. The third kappa shape index (κ3) is 4.56. The molecule has 0 N–H and O–H groups in total. The van der Waals surface area contributed by atoms with Gasteiger partial charge in [0.15, 0.2) is 5.78 Å². The van der Waals surface area contributed by atoms with Crippen LogP contribution in [0.3, 0.4) is 0 Å². The first-order chi connectivity index (χ1) is 17.3. The topological polar surface area (TPSA) is 56.8 Å². The lowest BCUT2D eigenvalue weighted by Crippen LogP contribution is -2.56. The highest BCUT2D eigenvalue weighted by atomic mass is 16.2. The fourth-order valence-corrected chi connectivity index (χ4v) is 6.67. The van der Waals surface area contributed by atoms with E-state index in [4.69, 9.17) is 0 Å². The molecule has 1 spiro atoms. The van der Waals surface area contributed by atoms with E-state index in [0.717, 1.165) is 43.4 Å². The fourth-order valence-electron chi connectivity index (χ4n) is 6.67. The van der Waals surface area contributed by atoms with Crippen LogP contribution in [0.5, 0.6) is 0 Å². The van der Waals surface area contributed by atoms with E-state index in [9.17, 15) is 9.59 Å². The summed E-state index contributed by atoms with van der Waals surface area (Å²) in [7, 11) is 4.37. The Hall–Kier alpha value is -2.73. The molecule has 2 heterocycles. The first-order valence-corrected chi connectivity index (χ1v) is 13.5. The summed E-state index contributed by atoms with van der Waals surface area (Å²) in [5.74, 6) is 0.692. The van der Waals surface area contributed by atoms with E-state index < -0.39 is 0 Å². The highest BCUT2D eigenvalue weighted by Gasteiger charge is 2.55. The second-order valence-electron chi connectivity index (χ2n) is 11.6. The standard InChI is InChI=1S/C30H40N4O2/c1-23-12-17-31-19-25(23)18-27(35)21-33-22-29(34(28(33)36)20-24-8-7-9-24)13-15-30(16-14-29,32(2)3)26-10-5-4-6-11-26/h4-6,10-12,17,19,24H,7-9,13-16,18,20-22H2,1-3H3. The predicted octanol–water partition coefficient (Wildman–Crippen LogP) is 4.81. The van der Waals surface area contributed by atoms with Crippen molar-refractivity contribution in [3.05, 3.63) is 65.5 Å². The third-order valence-electron chi connectivity index (χ3n) is 9.30. The van der Waals surface area contributed by atoms with Crippen molar-refractivity contribution in [2.24, 2.45) is 5.92 Å². The van der Waals surface area contributed by atoms with Crippen LogP contribution < -0.4 is 0 Å². The molecule has 0 radical (unpaired) electrons. The number of amides is 2. The molecule has 36 heavy (non-hydrogen) atoms. The molecule has 5 rings (SSSR count). The number of ketones is 1. The van der Waals surface area contributed by atoms with Crippen molar-refractivity contribution in [2.45, 2.75) is 69.4 Å². The number of urea groups is 1. The Morgan fingerprint density at radius 3 is 2.42 bits per heavy atom. The van der Waals surface area contributed by atoms with Crippen molar-refractivity contribution >= 4 is 11.8 Å². The maximum absolute atomic E-state index is 13.8. The van der Waals surface area contributed by atoms with Gasteiger partial charge in [0.25, 0.3) is 0 Å². The van der Waals surface area contributed by atoms with Gasteiger partial charge in [0.1, 0.15) is 0 Å². The Morgan fingerprint density at radius 2 is 1.81 bits per heavy atom. The van der Waals surface area contributed by atoms with E-state index in [1.165, 1.54) is 24.8 Å². The Bertz CT molecular complexity index is 1090. The number of carbonyl (C=O) groups excluding carboxylic acids is 2. The number of hydrogen-bond acceptors (Lipinski definition) is 4. The van der Waals surface area contributed by atoms with Crippen LogP contribution in [0.25, 0.3) is 0 Å². The molecule has 1 aliphatic heterocycles. The molecule has 0 atom stereocenters. The molecule has 2 aromatic rings. The van der Waals surface area contributed by atoms with E-state index in [2.05, 4.69) is 59.2 Å². The number of hydrogen-bond donors (Lipinski definition) is 0. The number of aryl methyl sites for hydroxylation is 1. The Labute approximate surface area is 215 Å². The van der Waals surface area contributed by atoms with Gasteiger partial charge in [0, 0.05) is 37.4 Å². The zero-order valence-corrected chi connectivity index (χ0v) is 22.1. The van der Waals surface area contributed by atoms with Crippen molar-refractivity contribution in [3.8, 4) is 0 Å². The molecule has 6 heteroatoms. The third-order valence-corrected chi connectivity index (χ3v) is 9.30. The predicted molar refractivity (Wildman–Crippen MR) is 142 cm³/mol. The smallest absolute Gasteiger partial charge is 0.317 e. The molecule has 192 valence electrons. The number of pyridine rings is 1. The van der Waals surface area contributed by atoms with Gasteiger partial charge in [-0.1, -0.05) is 36.8 Å². The van der Waals surface area contributed by atoms with Crippen LogP contribution in [0.15, 0.2) is 48.8 Å². The van der Waals surface area contributed by atoms with Crippen LogP contribution in [0.2, 0.25) is 0 Å². The molecule has 1 saturated heterocycles. The molecular formula is C30H40N4O2. The summed E-state index contributed by atoms with van der Waals surface area (Å²) in [6, 6.07) is 12.8. The molecule has 1 aromatic carbocycles. The van der Waals surface area contributed by atoms with Gasteiger partial charge in [0.2, 0.25) is 0 Å². The number of aromatic nitrogens is 1. The zero-order chi connectivity index (χ0) is 25.3. The summed E-state index contributed by atoms with van der Waals surface area (Å²) in [6.07, 6.45) is 11.5. The van der Waals surface area contributed by atoms with E-state index in [1.807, 2.05) is 17.9 Å². The van der Waals surface area contributed by atoms with E-state index in [1.54, 1.807) is 12.4 Å². The summed E-state index contributed by atoms with van der Waals surface area (Å²) in [4.78, 5) is 37.4. The van der Waals surface area contributed by atoms with E-state index >= 15 is 0 Å². The summed E-state index contributed by atoms with van der Waals surface area (Å²) < 4.78 is 0. The molecule has 6 nitrogen and oxygen atoms in total. The second kappa shape index (κ2) is 9.97. The van der Waals surface area contributed by atoms with E-state index in [-0.39, 0.29) is 29.4 Å². The lowest BCUT2D eigenvalue weighted by molar-refractivity contribution is -0.119. The Morgan fingerprint density at radius 1 is 1.08 bits per heavy atom. The summed E-state index contributed by atoms with van der Waals surface area (Å²) >= 11 is 0. The first kappa shape index (κ1) is 24.9. The van der Waals surface area contributed by atoms with Gasteiger partial charge in [-0.15, -0.1) is 0 Å². The number of rotatable bonds is 8. The number of benzene rings is 1. The first-order valence-electron chi connectivity index (χ1n) is 13.5. The highest BCUT2D eigenvalue weighted by molar-refractivity contribution is 5.88. The normalized spacial score (nSPS) is 26.6. The van der Waals surface area contributed by atoms with Crippen LogP contribution in [0, 0.1) is 12.8 Å². The van der Waals surface area contributed by atoms with Gasteiger partial charge in [-0.3, -0.25) is 14.7 Å². The van der Waals surface area contributed by atoms with Crippen molar-refractivity contribution in [3.63, 3.8) is 0 Å². The molecule has 2 saturated carbocycles. The van der Waals surface area contributed by atoms with E-state index in [0.29, 0.717) is 18.9 Å². The van der Waals surface area contributed by atoms with Crippen LogP contribution in [-0.4, -0.2) is 70.8 Å². The molecule has 3 fully saturated rings. The SMILES string of the molecule is Cc1ccncc1CC(=O)CN1CC2(CCC(c3ccccc3)(N(C)C)CC2)N(CC2CCC2)C1=O. The maximum Gasteiger partial charge on any atom is 0.321 e. The van der Waals surface area contributed by atoms with Gasteiger partial charge < -0.3 is 9.80 Å². The molecule has 0 unspecified atom stereocenters. The van der Waals surface area contributed by atoms with Crippen molar-refractivity contribution in [1.29, 1.82) is 0 Å². The summed E-state index contributed by atoms with van der Waals surface area (Å²) in [6.45, 7) is 3.69. The maximum atomic E-state index is 13.8. The van der Waals surface area contributed by atoms with Gasteiger partial charge in [0.05, 0.1) is 12.1 Å². The minimum atomic E-state index is -0.175. The van der Waals surface area contributed by atoms with Gasteiger partial charge in [-0.05, 0) is 88.2 Å². The van der Waals surface area contributed by atoms with Gasteiger partial charge in [-0.25, -0.2) is 4.79 Å². The zero-order valence-electron chi connectivity index (χ0n) is 22.1. The number of nitrogens with zero attached hydrogens (tertiary/aromatic N) is 4.